The molecule has 0 radical (unpaired) electrons. The van der Waals surface area contributed by atoms with Crippen molar-refractivity contribution in [2.45, 2.75) is 11.8 Å². The number of H-pyrrole nitrogens is 1. The zero-order valence-electron chi connectivity index (χ0n) is 6.28. The van der Waals surface area contributed by atoms with Gasteiger partial charge in [-0.05, 0) is 11.6 Å². The third-order valence-corrected chi connectivity index (χ3v) is 2.42. The summed E-state index contributed by atoms with van der Waals surface area (Å²) < 4.78 is 24.4. The summed E-state index contributed by atoms with van der Waals surface area (Å²) in [4.78, 5) is 13.1. The molecule has 0 atom stereocenters. The van der Waals surface area contributed by atoms with Crippen molar-refractivity contribution < 1.29 is 8.78 Å². The lowest BCUT2D eigenvalue weighted by Gasteiger charge is -2.03. The Hall–Kier alpha value is -0.420. The molecule has 0 spiro atoms. The van der Waals surface area contributed by atoms with Gasteiger partial charge in [0.25, 0.3) is 12.0 Å². The van der Waals surface area contributed by atoms with Crippen LogP contribution < -0.4 is 5.56 Å². The fraction of sp³-hybridized carbons (Fsp3) is 0.286. The molecule has 6 heteroatoms. The Balaban J connectivity index is 3.31. The minimum absolute atomic E-state index is 0.0891. The van der Waals surface area contributed by atoms with E-state index in [1.807, 2.05) is 0 Å². The number of aromatic nitrogens is 1. The van der Waals surface area contributed by atoms with Crippen molar-refractivity contribution in [3.63, 3.8) is 0 Å². The average molecular weight is 272 g/mol. The second-order valence-corrected chi connectivity index (χ2v) is 3.27. The highest BCUT2D eigenvalue weighted by molar-refractivity contribution is 9.08. The maximum atomic E-state index is 12.2. The number of nitrogens with one attached hydrogen (secondary N) is 1. The molecule has 72 valence electrons. The van der Waals surface area contributed by atoms with Crippen molar-refractivity contribution in [3.05, 3.63) is 32.7 Å². The molecule has 0 unspecified atom stereocenters. The van der Waals surface area contributed by atoms with Crippen LogP contribution in [0.4, 0.5) is 8.78 Å². The summed E-state index contributed by atoms with van der Waals surface area (Å²) in [6.07, 6.45) is -2.78. The predicted molar refractivity (Wildman–Crippen MR) is 49.7 cm³/mol. The van der Waals surface area contributed by atoms with E-state index in [-0.39, 0.29) is 5.15 Å². The van der Waals surface area contributed by atoms with Gasteiger partial charge < -0.3 is 4.98 Å². The third-order valence-electron chi connectivity index (χ3n) is 1.48. The van der Waals surface area contributed by atoms with Gasteiger partial charge in [0.15, 0.2) is 0 Å². The van der Waals surface area contributed by atoms with Crippen LogP contribution in [-0.4, -0.2) is 4.98 Å². The lowest BCUT2D eigenvalue weighted by atomic mass is 10.2. The first kappa shape index (κ1) is 10.7. The van der Waals surface area contributed by atoms with Gasteiger partial charge in [0.2, 0.25) is 0 Å². The zero-order chi connectivity index (χ0) is 10.0. The zero-order valence-corrected chi connectivity index (χ0v) is 8.62. The molecule has 0 aliphatic heterocycles. The smallest absolute Gasteiger partial charge is 0.269 e. The van der Waals surface area contributed by atoms with E-state index in [1.54, 1.807) is 0 Å². The summed E-state index contributed by atoms with van der Waals surface area (Å²) in [5, 5.41) is 0.411. The van der Waals surface area contributed by atoms with Crippen LogP contribution in [0.25, 0.3) is 0 Å². The molecule has 1 N–H and O–H groups in total. The summed E-state index contributed by atoms with van der Waals surface area (Å²) >= 11 is 8.64. The van der Waals surface area contributed by atoms with Crippen molar-refractivity contribution in [2.75, 3.05) is 0 Å². The lowest BCUT2D eigenvalue weighted by molar-refractivity contribution is 0.149. The first-order valence-corrected chi connectivity index (χ1v) is 4.82. The highest BCUT2D eigenvalue weighted by Gasteiger charge is 2.14. The van der Waals surface area contributed by atoms with Crippen LogP contribution in [-0.2, 0) is 5.33 Å². The first-order valence-electron chi connectivity index (χ1n) is 3.32. The molecule has 0 bridgehead atoms. The maximum absolute atomic E-state index is 12.2. The van der Waals surface area contributed by atoms with Crippen LogP contribution in [0.1, 0.15) is 17.6 Å². The Labute approximate surface area is 86.0 Å². The van der Waals surface area contributed by atoms with Crippen LogP contribution in [0.15, 0.2) is 10.9 Å². The summed E-state index contributed by atoms with van der Waals surface area (Å²) in [5.74, 6) is 0. The lowest BCUT2D eigenvalue weighted by Crippen LogP contribution is -2.13. The molecule has 1 aromatic rings. The largest absolute Gasteiger partial charge is 0.312 e. The predicted octanol–water partition coefficient (Wildman–Crippen LogP) is 2.86. The fourth-order valence-corrected chi connectivity index (χ4v) is 1.64. The van der Waals surface area contributed by atoms with Gasteiger partial charge in [-0.2, -0.15) is 0 Å². The normalized spacial score (nSPS) is 10.8. The second kappa shape index (κ2) is 4.19. The Morgan fingerprint density at radius 3 is 2.69 bits per heavy atom. The van der Waals surface area contributed by atoms with Gasteiger partial charge in [-0.25, -0.2) is 8.78 Å². The molecule has 0 saturated heterocycles. The van der Waals surface area contributed by atoms with Crippen LogP contribution in [0.2, 0.25) is 5.15 Å². The van der Waals surface area contributed by atoms with Crippen LogP contribution in [0.5, 0.6) is 0 Å². The minimum atomic E-state index is -2.78. The van der Waals surface area contributed by atoms with E-state index in [9.17, 15) is 13.6 Å². The van der Waals surface area contributed by atoms with Gasteiger partial charge in [0.1, 0.15) is 5.15 Å². The molecule has 1 rings (SSSR count). The van der Waals surface area contributed by atoms with E-state index in [4.69, 9.17) is 11.6 Å². The highest BCUT2D eigenvalue weighted by atomic mass is 79.9. The number of hydrogen-bond acceptors (Lipinski definition) is 1. The van der Waals surface area contributed by atoms with E-state index in [0.29, 0.717) is 10.9 Å². The quantitative estimate of drug-likeness (QED) is 0.652. The van der Waals surface area contributed by atoms with Crippen LogP contribution in [0, 0.1) is 0 Å². The topological polar surface area (TPSA) is 32.9 Å². The van der Waals surface area contributed by atoms with E-state index in [2.05, 4.69) is 20.9 Å². The van der Waals surface area contributed by atoms with E-state index in [1.165, 1.54) is 0 Å². The van der Waals surface area contributed by atoms with Gasteiger partial charge in [-0.3, -0.25) is 4.79 Å². The Morgan fingerprint density at radius 2 is 2.23 bits per heavy atom. The number of alkyl halides is 3. The van der Waals surface area contributed by atoms with E-state index >= 15 is 0 Å². The molecule has 0 aliphatic carbocycles. The molecular weight excluding hydrogens is 267 g/mol. The number of pyridine rings is 1. The molecule has 1 heterocycles. The van der Waals surface area contributed by atoms with Crippen molar-refractivity contribution >= 4 is 27.5 Å². The second-order valence-electron chi connectivity index (χ2n) is 2.33. The number of rotatable bonds is 2. The SMILES string of the molecule is O=c1[nH]c(Cl)c(CBr)cc1C(F)F. The fourth-order valence-electron chi connectivity index (χ4n) is 0.828. The van der Waals surface area contributed by atoms with Gasteiger partial charge in [0, 0.05) is 5.33 Å². The maximum Gasteiger partial charge on any atom is 0.269 e. The molecule has 0 aromatic carbocycles. The summed E-state index contributed by atoms with van der Waals surface area (Å²) in [6.45, 7) is 0. The van der Waals surface area contributed by atoms with Gasteiger partial charge in [0.05, 0.1) is 5.56 Å². The van der Waals surface area contributed by atoms with Gasteiger partial charge in [-0.1, -0.05) is 27.5 Å². The third kappa shape index (κ3) is 2.28. The van der Waals surface area contributed by atoms with Crippen molar-refractivity contribution in [3.8, 4) is 0 Å². The summed E-state index contributed by atoms with van der Waals surface area (Å²) in [5.41, 5.74) is -0.958. The molecule has 0 fully saturated rings. The molecular formula is C7H5BrClF2NO. The van der Waals surface area contributed by atoms with Crippen LogP contribution >= 0.6 is 27.5 Å². The van der Waals surface area contributed by atoms with Gasteiger partial charge in [-0.15, -0.1) is 0 Å². The molecule has 13 heavy (non-hydrogen) atoms. The monoisotopic (exact) mass is 271 g/mol. The minimum Gasteiger partial charge on any atom is -0.312 e. The summed E-state index contributed by atoms with van der Waals surface area (Å²) in [7, 11) is 0. The molecule has 2 nitrogen and oxygen atoms in total. The van der Waals surface area contributed by atoms with E-state index in [0.717, 1.165) is 6.07 Å². The number of halogens is 4. The van der Waals surface area contributed by atoms with Crippen molar-refractivity contribution in [2.24, 2.45) is 0 Å². The van der Waals surface area contributed by atoms with Gasteiger partial charge >= 0.3 is 0 Å². The molecule has 0 aliphatic rings. The standard InChI is InChI=1S/C7H5BrClF2NO/c8-2-3-1-4(6(10)11)7(13)12-5(3)9/h1,6H,2H2,(H,12,13). The highest BCUT2D eigenvalue weighted by Crippen LogP contribution is 2.20. The van der Waals surface area contributed by atoms with Crippen molar-refractivity contribution in [1.29, 1.82) is 0 Å². The van der Waals surface area contributed by atoms with E-state index < -0.39 is 17.5 Å². The number of aromatic amines is 1. The Morgan fingerprint density at radius 1 is 1.62 bits per heavy atom. The van der Waals surface area contributed by atoms with Crippen LogP contribution in [0.3, 0.4) is 0 Å². The Bertz CT molecular complexity index is 366. The summed E-state index contributed by atoms with van der Waals surface area (Å²) in [6, 6.07) is 1.10. The number of hydrogen-bond donors (Lipinski definition) is 1. The molecule has 1 aromatic heterocycles. The Kier molecular flexibility index (Phi) is 3.44. The molecule has 0 amide bonds. The first-order chi connectivity index (χ1) is 6.06. The average Bonchev–Trinajstić information content (AvgIpc) is 2.03. The molecule has 0 saturated carbocycles. The van der Waals surface area contributed by atoms with Crippen molar-refractivity contribution in [1.82, 2.24) is 4.98 Å².